The lowest BCUT2D eigenvalue weighted by Gasteiger charge is -2.17. The fourth-order valence-electron chi connectivity index (χ4n) is 2.24. The Bertz CT molecular complexity index is 596. The first-order chi connectivity index (χ1) is 11.8. The number of guanidine groups is 1. The van der Waals surface area contributed by atoms with Crippen molar-refractivity contribution in [3.05, 3.63) is 60.3 Å². The third-order valence-corrected chi connectivity index (χ3v) is 3.54. The number of anilines is 1. The van der Waals surface area contributed by atoms with Crippen molar-refractivity contribution in [1.82, 2.24) is 15.2 Å². The monoisotopic (exact) mass is 325 g/mol. The van der Waals surface area contributed by atoms with Crippen LogP contribution in [-0.4, -0.2) is 43.0 Å². The first-order valence-corrected chi connectivity index (χ1v) is 8.40. The summed E-state index contributed by atoms with van der Waals surface area (Å²) in [5.41, 5.74) is 1.22. The van der Waals surface area contributed by atoms with Crippen molar-refractivity contribution in [3.63, 3.8) is 0 Å². The van der Waals surface area contributed by atoms with Gasteiger partial charge in [-0.2, -0.15) is 0 Å². The van der Waals surface area contributed by atoms with Gasteiger partial charge < -0.3 is 15.5 Å². The quantitative estimate of drug-likeness (QED) is 0.445. The zero-order valence-corrected chi connectivity index (χ0v) is 14.6. The highest BCUT2D eigenvalue weighted by atomic mass is 15.3. The molecule has 0 saturated heterocycles. The summed E-state index contributed by atoms with van der Waals surface area (Å²) in [6.45, 7) is 2.54. The number of pyridine rings is 1. The highest BCUT2D eigenvalue weighted by Gasteiger charge is 2.01. The minimum atomic E-state index is 0.697. The molecule has 0 aliphatic carbocycles. The normalized spacial score (nSPS) is 11.2. The van der Waals surface area contributed by atoms with Crippen molar-refractivity contribution in [2.24, 2.45) is 4.99 Å². The molecule has 128 valence electrons. The summed E-state index contributed by atoms with van der Waals surface area (Å²) in [6.07, 6.45) is 3.97. The molecule has 1 aromatic heterocycles. The highest BCUT2D eigenvalue weighted by Crippen LogP contribution is 2.01. The molecular weight excluding hydrogens is 298 g/mol. The lowest BCUT2D eigenvalue weighted by molar-refractivity contribution is 0.572. The van der Waals surface area contributed by atoms with E-state index in [-0.39, 0.29) is 0 Å². The molecule has 1 aromatic carbocycles. The molecule has 2 N–H and O–H groups in total. The Morgan fingerprint density at radius 3 is 2.46 bits per heavy atom. The Hall–Kier alpha value is -2.56. The number of aromatic nitrogens is 1. The molecular formula is C19H27N5. The second-order valence-electron chi connectivity index (χ2n) is 5.80. The van der Waals surface area contributed by atoms with E-state index in [9.17, 15) is 0 Å². The standard InChI is InChI=1S/C19H27N5/c1-24(2)19(23-16-17-10-4-3-5-11-17)22-15-9-8-14-21-18-12-6-7-13-20-18/h3-7,10-13H,8-9,14-16H2,1-2H3,(H,20,21)(H,22,23). The smallest absolute Gasteiger partial charge is 0.193 e. The third-order valence-electron chi connectivity index (χ3n) is 3.54. The van der Waals surface area contributed by atoms with Crippen LogP contribution in [0.25, 0.3) is 0 Å². The van der Waals surface area contributed by atoms with Crippen LogP contribution < -0.4 is 10.6 Å². The van der Waals surface area contributed by atoms with Crippen LogP contribution >= 0.6 is 0 Å². The molecule has 0 radical (unpaired) electrons. The van der Waals surface area contributed by atoms with E-state index in [1.807, 2.05) is 55.4 Å². The fraction of sp³-hybridized carbons (Fsp3) is 0.368. The molecule has 0 amide bonds. The van der Waals surface area contributed by atoms with Crippen molar-refractivity contribution in [1.29, 1.82) is 0 Å². The van der Waals surface area contributed by atoms with Crippen LogP contribution in [0.1, 0.15) is 18.4 Å². The lowest BCUT2D eigenvalue weighted by Crippen LogP contribution is -2.37. The van der Waals surface area contributed by atoms with E-state index in [0.29, 0.717) is 6.54 Å². The summed E-state index contributed by atoms with van der Waals surface area (Å²) >= 11 is 0. The first-order valence-electron chi connectivity index (χ1n) is 8.40. The van der Waals surface area contributed by atoms with E-state index in [2.05, 4.69) is 32.7 Å². The maximum atomic E-state index is 4.66. The maximum absolute atomic E-state index is 4.66. The van der Waals surface area contributed by atoms with Crippen LogP contribution in [-0.2, 0) is 6.54 Å². The number of aliphatic imine (C=N–C) groups is 1. The van der Waals surface area contributed by atoms with Gasteiger partial charge in [-0.05, 0) is 30.5 Å². The van der Waals surface area contributed by atoms with Gasteiger partial charge in [0.1, 0.15) is 5.82 Å². The third kappa shape index (κ3) is 6.69. The predicted molar refractivity (Wildman–Crippen MR) is 101 cm³/mol. The Morgan fingerprint density at radius 1 is 1.00 bits per heavy atom. The van der Waals surface area contributed by atoms with Crippen molar-refractivity contribution in [2.75, 3.05) is 32.5 Å². The molecule has 0 atom stereocenters. The molecule has 0 spiro atoms. The largest absolute Gasteiger partial charge is 0.370 e. The summed E-state index contributed by atoms with van der Waals surface area (Å²) in [4.78, 5) is 10.9. The van der Waals surface area contributed by atoms with E-state index in [1.165, 1.54) is 5.56 Å². The zero-order valence-electron chi connectivity index (χ0n) is 14.6. The molecule has 0 fully saturated rings. The molecule has 0 bridgehead atoms. The number of nitrogens with one attached hydrogen (secondary N) is 2. The molecule has 5 nitrogen and oxygen atoms in total. The summed E-state index contributed by atoms with van der Waals surface area (Å²) in [7, 11) is 4.03. The molecule has 1 heterocycles. The number of benzene rings is 1. The summed E-state index contributed by atoms with van der Waals surface area (Å²) in [6, 6.07) is 16.2. The van der Waals surface area contributed by atoms with E-state index in [1.54, 1.807) is 6.20 Å². The zero-order chi connectivity index (χ0) is 17.0. The van der Waals surface area contributed by atoms with Crippen LogP contribution in [0.15, 0.2) is 59.7 Å². The van der Waals surface area contributed by atoms with Crippen molar-refractivity contribution >= 4 is 11.8 Å². The molecule has 24 heavy (non-hydrogen) atoms. The molecule has 2 rings (SSSR count). The molecule has 0 saturated carbocycles. The number of rotatable bonds is 8. The number of hydrogen-bond acceptors (Lipinski definition) is 3. The van der Waals surface area contributed by atoms with Gasteiger partial charge in [-0.15, -0.1) is 0 Å². The molecule has 0 aliphatic heterocycles. The van der Waals surface area contributed by atoms with Crippen LogP contribution in [0.5, 0.6) is 0 Å². The molecule has 2 aromatic rings. The topological polar surface area (TPSA) is 52.5 Å². The molecule has 0 aliphatic rings. The van der Waals surface area contributed by atoms with Crippen molar-refractivity contribution < 1.29 is 0 Å². The minimum absolute atomic E-state index is 0.697. The lowest BCUT2D eigenvalue weighted by atomic mass is 10.2. The average Bonchev–Trinajstić information content (AvgIpc) is 2.62. The number of unbranched alkanes of at least 4 members (excludes halogenated alkanes) is 1. The Balaban J connectivity index is 1.66. The summed E-state index contributed by atoms with van der Waals surface area (Å²) < 4.78 is 0. The van der Waals surface area contributed by atoms with Crippen LogP contribution in [0.4, 0.5) is 5.82 Å². The van der Waals surface area contributed by atoms with E-state index >= 15 is 0 Å². The predicted octanol–water partition coefficient (Wildman–Crippen LogP) is 2.98. The number of nitrogens with zero attached hydrogens (tertiary/aromatic N) is 3. The van der Waals surface area contributed by atoms with Crippen molar-refractivity contribution in [3.8, 4) is 0 Å². The van der Waals surface area contributed by atoms with Gasteiger partial charge in [0.25, 0.3) is 0 Å². The van der Waals surface area contributed by atoms with Gasteiger partial charge in [0, 0.05) is 33.4 Å². The van der Waals surface area contributed by atoms with Crippen LogP contribution in [0.3, 0.4) is 0 Å². The fourth-order valence-corrected chi connectivity index (χ4v) is 2.24. The van der Waals surface area contributed by atoms with Gasteiger partial charge in [0.2, 0.25) is 0 Å². The van der Waals surface area contributed by atoms with Gasteiger partial charge in [-0.1, -0.05) is 36.4 Å². The second-order valence-corrected chi connectivity index (χ2v) is 5.80. The van der Waals surface area contributed by atoms with Crippen LogP contribution in [0.2, 0.25) is 0 Å². The van der Waals surface area contributed by atoms with Crippen molar-refractivity contribution in [2.45, 2.75) is 19.4 Å². The minimum Gasteiger partial charge on any atom is -0.370 e. The van der Waals surface area contributed by atoms with E-state index in [4.69, 9.17) is 0 Å². The SMILES string of the molecule is CN(C)C(=NCc1ccccc1)NCCCCNc1ccccn1. The molecule has 0 unspecified atom stereocenters. The molecule has 5 heteroatoms. The van der Waals surface area contributed by atoms with Gasteiger partial charge in [-0.25, -0.2) is 9.98 Å². The van der Waals surface area contributed by atoms with E-state index in [0.717, 1.165) is 37.7 Å². The van der Waals surface area contributed by atoms with Crippen LogP contribution in [0, 0.1) is 0 Å². The van der Waals surface area contributed by atoms with Gasteiger partial charge in [-0.3, -0.25) is 0 Å². The summed E-state index contributed by atoms with van der Waals surface area (Å²) in [5, 5.41) is 6.74. The Kier molecular flexibility index (Phi) is 7.60. The highest BCUT2D eigenvalue weighted by molar-refractivity contribution is 5.79. The Labute approximate surface area is 144 Å². The summed E-state index contributed by atoms with van der Waals surface area (Å²) in [5.74, 6) is 1.86. The first kappa shape index (κ1) is 17.8. The average molecular weight is 325 g/mol. The Morgan fingerprint density at radius 2 is 1.75 bits per heavy atom. The van der Waals surface area contributed by atoms with Gasteiger partial charge >= 0.3 is 0 Å². The maximum Gasteiger partial charge on any atom is 0.193 e. The number of hydrogen-bond donors (Lipinski definition) is 2. The van der Waals surface area contributed by atoms with Gasteiger partial charge in [0.05, 0.1) is 6.54 Å². The second kappa shape index (κ2) is 10.3. The van der Waals surface area contributed by atoms with Gasteiger partial charge in [0.15, 0.2) is 5.96 Å². The van der Waals surface area contributed by atoms with E-state index < -0.39 is 0 Å².